The van der Waals surface area contributed by atoms with E-state index in [1.54, 1.807) is 25.3 Å². The van der Waals surface area contributed by atoms with Gasteiger partial charge in [0.2, 0.25) is 0 Å². The molecule has 1 N–H and O–H groups in total. The van der Waals surface area contributed by atoms with Crippen LogP contribution >= 0.6 is 22.9 Å². The van der Waals surface area contributed by atoms with E-state index >= 15 is 0 Å². The normalized spacial score (nSPS) is 11.0. The van der Waals surface area contributed by atoms with Crippen LogP contribution < -0.4 is 10.2 Å². The molecular weight excluding hydrogens is 356 g/mol. The number of halogens is 1. The van der Waals surface area contributed by atoms with Gasteiger partial charge in [0.1, 0.15) is 11.8 Å². The van der Waals surface area contributed by atoms with Gasteiger partial charge in [-0.25, -0.2) is 4.98 Å². The summed E-state index contributed by atoms with van der Waals surface area (Å²) >= 11 is 7.29. The fourth-order valence-corrected chi connectivity index (χ4v) is 3.05. The molecule has 3 aromatic rings. The van der Waals surface area contributed by atoms with Crippen LogP contribution in [-0.4, -0.2) is 17.8 Å². The van der Waals surface area contributed by atoms with Gasteiger partial charge in [-0.1, -0.05) is 29.8 Å². The topological polar surface area (TPSA) is 70.3 Å². The number of hydrogen-bond donors (Lipinski definition) is 1. The Morgan fingerprint density at radius 3 is 2.88 bits per heavy atom. The van der Waals surface area contributed by atoms with Crippen LogP contribution in [0.2, 0.25) is 5.02 Å². The number of thiazole rings is 1. The lowest BCUT2D eigenvalue weighted by molar-refractivity contribution is 0.415. The number of rotatable bonds is 5. The van der Waals surface area contributed by atoms with Crippen LogP contribution in [0.15, 0.2) is 59.0 Å². The fraction of sp³-hybridized carbons (Fsp3) is 0.0556. The lowest BCUT2D eigenvalue weighted by Crippen LogP contribution is -2.01. The van der Waals surface area contributed by atoms with Gasteiger partial charge in [-0.05, 0) is 30.3 Å². The summed E-state index contributed by atoms with van der Waals surface area (Å²) in [5.74, 6) is 0.754. The first-order chi connectivity index (χ1) is 12.2. The first-order valence-corrected chi connectivity index (χ1v) is 8.55. The molecule has 0 saturated heterocycles. The quantitative estimate of drug-likeness (QED) is 0.518. The number of hydrogen-bond acceptors (Lipinski definition) is 6. The van der Waals surface area contributed by atoms with E-state index in [0.29, 0.717) is 15.7 Å². The molecule has 2 aromatic carbocycles. The van der Waals surface area contributed by atoms with Crippen molar-refractivity contribution < 1.29 is 4.74 Å². The van der Waals surface area contributed by atoms with Gasteiger partial charge in [0.25, 0.3) is 0 Å². The maximum atomic E-state index is 9.37. The highest BCUT2D eigenvalue weighted by Crippen LogP contribution is 2.25. The second kappa shape index (κ2) is 7.79. The highest BCUT2D eigenvalue weighted by Gasteiger charge is 2.11. The van der Waals surface area contributed by atoms with Crippen LogP contribution in [0.25, 0.3) is 11.3 Å². The lowest BCUT2D eigenvalue weighted by atomic mass is 10.2. The zero-order valence-corrected chi connectivity index (χ0v) is 14.8. The number of ether oxygens (including phenoxy) is 1. The number of anilines is 1. The Bertz CT molecular complexity index is 961. The molecule has 0 aliphatic rings. The van der Waals surface area contributed by atoms with Crippen LogP contribution in [0.1, 0.15) is 5.01 Å². The molecule has 0 aliphatic carbocycles. The minimum atomic E-state index is 0.208. The van der Waals surface area contributed by atoms with Crippen LogP contribution in [0.3, 0.4) is 0 Å². The summed E-state index contributed by atoms with van der Waals surface area (Å²) in [4.78, 5) is 4.50. The van der Waals surface area contributed by atoms with E-state index in [2.05, 4.69) is 21.6 Å². The maximum absolute atomic E-state index is 9.37. The van der Waals surface area contributed by atoms with Crippen molar-refractivity contribution in [2.75, 3.05) is 12.5 Å². The van der Waals surface area contributed by atoms with E-state index in [1.807, 2.05) is 35.7 Å². The number of methoxy groups -OCH3 is 1. The van der Waals surface area contributed by atoms with Gasteiger partial charge in [-0.3, -0.25) is 5.43 Å². The molecule has 25 heavy (non-hydrogen) atoms. The van der Waals surface area contributed by atoms with Crippen molar-refractivity contribution >= 4 is 34.3 Å². The minimum absolute atomic E-state index is 0.208. The summed E-state index contributed by atoms with van der Waals surface area (Å²) in [6.45, 7) is 0. The average Bonchev–Trinajstić information content (AvgIpc) is 3.12. The molecule has 7 heteroatoms. The van der Waals surface area contributed by atoms with Gasteiger partial charge in [0.05, 0.1) is 18.5 Å². The Morgan fingerprint density at radius 1 is 1.28 bits per heavy atom. The van der Waals surface area contributed by atoms with Crippen molar-refractivity contribution in [3.05, 3.63) is 63.9 Å². The molecule has 0 bridgehead atoms. The molecule has 0 saturated carbocycles. The lowest BCUT2D eigenvalue weighted by Gasteiger charge is -2.02. The smallest absolute Gasteiger partial charge is 0.196 e. The van der Waals surface area contributed by atoms with Crippen molar-refractivity contribution in [1.29, 1.82) is 5.26 Å². The summed E-state index contributed by atoms with van der Waals surface area (Å²) in [5.41, 5.74) is 5.42. The van der Waals surface area contributed by atoms with E-state index in [-0.39, 0.29) is 5.71 Å². The average molecular weight is 369 g/mol. The van der Waals surface area contributed by atoms with E-state index in [0.717, 1.165) is 17.0 Å². The zero-order chi connectivity index (χ0) is 17.6. The standard InChI is InChI=1S/C18H13ClN4OS/c1-24-15-7-2-4-12(8-15)17-11-25-18(21-17)16(10-20)23-22-14-6-3-5-13(19)9-14/h2-9,11,22H,1H3/b23-16-. The molecule has 1 aromatic heterocycles. The molecule has 0 spiro atoms. The van der Waals surface area contributed by atoms with Gasteiger partial charge >= 0.3 is 0 Å². The summed E-state index contributed by atoms with van der Waals surface area (Å²) in [6.07, 6.45) is 0. The third-order valence-corrected chi connectivity index (χ3v) is 4.38. The van der Waals surface area contributed by atoms with Gasteiger partial charge in [0.15, 0.2) is 10.7 Å². The maximum Gasteiger partial charge on any atom is 0.196 e. The first-order valence-electron chi connectivity index (χ1n) is 7.29. The largest absolute Gasteiger partial charge is 0.497 e. The van der Waals surface area contributed by atoms with Gasteiger partial charge in [-0.2, -0.15) is 10.4 Å². The van der Waals surface area contributed by atoms with Crippen LogP contribution in [0, 0.1) is 11.3 Å². The molecule has 124 valence electrons. The Hall–Kier alpha value is -2.88. The van der Waals surface area contributed by atoms with Crippen molar-refractivity contribution in [2.24, 2.45) is 5.10 Å². The molecular formula is C18H13ClN4OS. The molecule has 5 nitrogen and oxygen atoms in total. The van der Waals surface area contributed by atoms with Gasteiger partial charge in [-0.15, -0.1) is 11.3 Å². The molecule has 0 amide bonds. The fourth-order valence-electron chi connectivity index (χ4n) is 2.10. The molecule has 0 unspecified atom stereocenters. The van der Waals surface area contributed by atoms with E-state index in [4.69, 9.17) is 16.3 Å². The number of nitriles is 1. The van der Waals surface area contributed by atoms with E-state index in [9.17, 15) is 5.26 Å². The third-order valence-electron chi connectivity index (χ3n) is 3.30. The van der Waals surface area contributed by atoms with E-state index < -0.39 is 0 Å². The Morgan fingerprint density at radius 2 is 2.12 bits per heavy atom. The number of benzene rings is 2. The Kier molecular flexibility index (Phi) is 5.29. The Balaban J connectivity index is 1.84. The number of nitrogens with one attached hydrogen (secondary N) is 1. The summed E-state index contributed by atoms with van der Waals surface area (Å²) in [7, 11) is 1.62. The molecule has 1 heterocycles. The number of nitrogens with zero attached hydrogens (tertiary/aromatic N) is 3. The summed E-state index contributed by atoms with van der Waals surface area (Å²) < 4.78 is 5.23. The van der Waals surface area contributed by atoms with Crippen molar-refractivity contribution in [3.63, 3.8) is 0 Å². The monoisotopic (exact) mass is 368 g/mol. The third kappa shape index (κ3) is 4.15. The van der Waals surface area contributed by atoms with E-state index in [1.165, 1.54) is 11.3 Å². The van der Waals surface area contributed by atoms with Crippen LogP contribution in [-0.2, 0) is 0 Å². The Labute approximate surface area is 154 Å². The van der Waals surface area contributed by atoms with Crippen molar-refractivity contribution in [3.8, 4) is 23.1 Å². The predicted octanol–water partition coefficient (Wildman–Crippen LogP) is 4.81. The number of aromatic nitrogens is 1. The van der Waals surface area contributed by atoms with Gasteiger partial charge in [0, 0.05) is 16.0 Å². The zero-order valence-electron chi connectivity index (χ0n) is 13.2. The van der Waals surface area contributed by atoms with Crippen LogP contribution in [0.4, 0.5) is 5.69 Å². The molecule has 0 fully saturated rings. The minimum Gasteiger partial charge on any atom is -0.497 e. The number of hydrazone groups is 1. The second-order valence-corrected chi connectivity index (χ2v) is 6.26. The summed E-state index contributed by atoms with van der Waals surface area (Å²) in [5, 5.41) is 16.5. The first kappa shape index (κ1) is 17.0. The van der Waals surface area contributed by atoms with Crippen LogP contribution in [0.5, 0.6) is 5.75 Å². The van der Waals surface area contributed by atoms with Crippen molar-refractivity contribution in [1.82, 2.24) is 4.98 Å². The summed E-state index contributed by atoms with van der Waals surface area (Å²) in [6, 6.07) is 16.8. The molecule has 0 atom stereocenters. The SMILES string of the molecule is COc1cccc(-c2csc(/C(C#N)=N\Nc3cccc(Cl)c3)n2)c1. The molecule has 3 rings (SSSR count). The molecule has 0 aliphatic heterocycles. The van der Waals surface area contributed by atoms with Crippen molar-refractivity contribution in [2.45, 2.75) is 0 Å². The highest BCUT2D eigenvalue weighted by atomic mass is 35.5. The second-order valence-electron chi connectivity index (χ2n) is 4.96. The molecule has 0 radical (unpaired) electrons. The van der Waals surface area contributed by atoms with Gasteiger partial charge < -0.3 is 4.74 Å². The highest BCUT2D eigenvalue weighted by molar-refractivity contribution is 7.12. The predicted molar refractivity (Wildman–Crippen MR) is 101 cm³/mol.